The minimum absolute atomic E-state index is 0.00599. The van der Waals surface area contributed by atoms with Crippen LogP contribution < -0.4 is 15.4 Å². The molecule has 2 aromatic carbocycles. The van der Waals surface area contributed by atoms with Gasteiger partial charge in [0.15, 0.2) is 5.82 Å². The van der Waals surface area contributed by atoms with Gasteiger partial charge < -0.3 is 20.3 Å². The highest BCUT2D eigenvalue weighted by Crippen LogP contribution is 2.46. The van der Waals surface area contributed by atoms with Crippen LogP contribution in [0.3, 0.4) is 0 Å². The molecule has 0 saturated carbocycles. The molecule has 3 aliphatic heterocycles. The molecule has 0 bridgehead atoms. The summed E-state index contributed by atoms with van der Waals surface area (Å²) in [5.41, 5.74) is 5.63. The van der Waals surface area contributed by atoms with Crippen LogP contribution in [0.5, 0.6) is 6.01 Å². The molecular weight excluding hydrogens is 776 g/mol. The third kappa shape index (κ3) is 6.29. The van der Waals surface area contributed by atoms with Crippen LogP contribution in [0.1, 0.15) is 45.6 Å². The molecule has 3 aliphatic rings. The van der Waals surface area contributed by atoms with E-state index in [1.807, 2.05) is 31.7 Å². The Hall–Kier alpha value is -4.43. The lowest BCUT2D eigenvalue weighted by Gasteiger charge is -2.51. The van der Waals surface area contributed by atoms with E-state index < -0.39 is 23.3 Å². The van der Waals surface area contributed by atoms with Gasteiger partial charge in [-0.3, -0.25) is 4.90 Å². The zero-order valence-corrected chi connectivity index (χ0v) is 32.5. The molecule has 5 aromatic rings. The zero-order chi connectivity index (χ0) is 38.9. The maximum absolute atomic E-state index is 17.3. The number of likely N-dealkylation sites (tertiary alicyclic amines) is 1. The van der Waals surface area contributed by atoms with Crippen LogP contribution in [0, 0.1) is 34.8 Å². The Kier molecular flexibility index (Phi) is 9.72. The monoisotopic (exact) mass is 812 g/mol. The van der Waals surface area contributed by atoms with Crippen molar-refractivity contribution in [2.75, 3.05) is 50.0 Å². The van der Waals surface area contributed by atoms with Crippen molar-refractivity contribution in [2.24, 2.45) is 11.8 Å². The van der Waals surface area contributed by atoms with Gasteiger partial charge in [-0.2, -0.15) is 19.9 Å². The Labute approximate surface area is 328 Å². The number of nitrogen functional groups attached to an aromatic ring is 1. The van der Waals surface area contributed by atoms with Gasteiger partial charge in [-0.15, -0.1) is 16.4 Å². The van der Waals surface area contributed by atoms with Crippen LogP contribution in [-0.2, 0) is 0 Å². The van der Waals surface area contributed by atoms with Gasteiger partial charge in [0.05, 0.1) is 20.8 Å². The second-order valence-electron chi connectivity index (χ2n) is 14.8. The average molecular weight is 814 g/mol. The number of fused-ring (bicyclic) bond motifs is 3. The van der Waals surface area contributed by atoms with Crippen molar-refractivity contribution >= 4 is 72.4 Å². The van der Waals surface area contributed by atoms with Crippen LogP contribution in [0.4, 0.5) is 28.8 Å². The summed E-state index contributed by atoms with van der Waals surface area (Å²) in [6.07, 6.45) is 2.29. The van der Waals surface area contributed by atoms with Gasteiger partial charge in [-0.05, 0) is 61.5 Å². The van der Waals surface area contributed by atoms with Gasteiger partial charge in [0.1, 0.15) is 47.3 Å². The van der Waals surface area contributed by atoms with Crippen LogP contribution >= 0.6 is 34.5 Å². The number of carbonyl (C=O) groups excluding carboxylic acids is 1. The first-order valence-electron chi connectivity index (χ1n) is 18.1. The van der Waals surface area contributed by atoms with Crippen molar-refractivity contribution in [2.45, 2.75) is 57.8 Å². The summed E-state index contributed by atoms with van der Waals surface area (Å²) in [5.74, 6) is -0.985. The number of nitrogens with two attached hydrogens (primary N) is 1. The molecule has 0 spiro atoms. The normalized spacial score (nSPS) is 22.4. The van der Waals surface area contributed by atoms with Crippen LogP contribution in [0.15, 0.2) is 24.5 Å². The van der Waals surface area contributed by atoms with Crippen molar-refractivity contribution < 1.29 is 22.7 Å². The quantitative estimate of drug-likeness (QED) is 0.159. The molecule has 4 atom stereocenters. The number of aromatic nitrogens is 5. The van der Waals surface area contributed by atoms with Crippen molar-refractivity contribution in [3.05, 3.63) is 52.0 Å². The molecule has 3 fully saturated rings. The molecule has 288 valence electrons. The Bertz CT molecular complexity index is 2390. The molecule has 55 heavy (non-hydrogen) atoms. The second-order valence-corrected chi connectivity index (χ2v) is 16.6. The predicted molar refractivity (Wildman–Crippen MR) is 205 cm³/mol. The van der Waals surface area contributed by atoms with Crippen molar-refractivity contribution in [3.63, 3.8) is 0 Å². The number of ether oxygens (including phenoxy) is 1. The molecule has 18 heteroatoms. The molecule has 3 saturated heterocycles. The SMILES string of the molecule is CCN(C[C@H]1CN(C(=O)n2cnc(Cl)n2)[C@@H]1C(C)C)c1nc(OC[C@@]23CCCN2C[C@H](F)C3)nc2c(F)c(-c3ccc(F)c4sc(N)c(C#N)c34)c(Cl)cc12. The molecule has 2 N–H and O–H groups in total. The molecule has 0 unspecified atom stereocenters. The number of halogens is 5. The van der Waals surface area contributed by atoms with Crippen molar-refractivity contribution in [1.82, 2.24) is 34.5 Å². The van der Waals surface area contributed by atoms with Crippen LogP contribution in [0.2, 0.25) is 10.3 Å². The number of rotatable bonds is 9. The first kappa shape index (κ1) is 37.5. The van der Waals surface area contributed by atoms with Gasteiger partial charge in [-0.1, -0.05) is 31.5 Å². The molecule has 3 aromatic heterocycles. The average Bonchev–Trinajstić information content (AvgIpc) is 3.89. The van der Waals surface area contributed by atoms with Crippen LogP contribution in [-0.4, -0.2) is 97.6 Å². The van der Waals surface area contributed by atoms with E-state index in [1.54, 1.807) is 11.0 Å². The molecule has 0 aliphatic carbocycles. The highest BCUT2D eigenvalue weighted by atomic mass is 35.5. The standard InChI is InChI=1S/C37H37Cl2F3N10O2S/c1-4-49(13-19-14-51(30(19)18(2)3)36(53)52-17-45-34(39)48-52)33-22-10-24(38)27(21-6-7-25(41)31-26(21)23(12-43)32(44)55-31)28(42)29(22)46-35(47-33)54-16-37-8-5-9-50(37)15-20(40)11-37/h6-7,10,17-20,30H,4-5,8-9,11,13-16,44H2,1-3H3/t19-,20+,30+,37-/m0/s1. The van der Waals surface area contributed by atoms with E-state index in [1.165, 1.54) is 18.5 Å². The van der Waals surface area contributed by atoms with Gasteiger partial charge >= 0.3 is 12.0 Å². The van der Waals surface area contributed by atoms with Gasteiger partial charge in [-0.25, -0.2) is 22.9 Å². The summed E-state index contributed by atoms with van der Waals surface area (Å²) < 4.78 is 54.5. The Morgan fingerprint density at radius 2 is 2.05 bits per heavy atom. The largest absolute Gasteiger partial charge is 0.461 e. The van der Waals surface area contributed by atoms with Crippen molar-refractivity contribution in [1.29, 1.82) is 5.26 Å². The van der Waals surface area contributed by atoms with Gasteiger partial charge in [0.2, 0.25) is 5.28 Å². The number of hydrogen-bond acceptors (Lipinski definition) is 11. The van der Waals surface area contributed by atoms with E-state index in [2.05, 4.69) is 20.0 Å². The van der Waals surface area contributed by atoms with Gasteiger partial charge in [0.25, 0.3) is 0 Å². The number of hydrogen-bond donors (Lipinski definition) is 1. The number of anilines is 2. The second kappa shape index (κ2) is 14.3. The Balaban J connectivity index is 1.22. The third-order valence-corrected chi connectivity index (χ3v) is 12.8. The molecule has 6 heterocycles. The summed E-state index contributed by atoms with van der Waals surface area (Å²) in [5, 5.41) is 14.5. The fourth-order valence-electron chi connectivity index (χ4n) is 8.86. The Morgan fingerprint density at radius 1 is 1.25 bits per heavy atom. The zero-order valence-electron chi connectivity index (χ0n) is 30.2. The first-order chi connectivity index (χ1) is 26.3. The fraction of sp³-hybridized carbons (Fsp3) is 0.459. The first-order valence-corrected chi connectivity index (χ1v) is 19.7. The number of carbonyl (C=O) groups is 1. The topological polar surface area (TPSA) is 142 Å². The van der Waals surface area contributed by atoms with E-state index >= 15 is 8.78 Å². The molecule has 8 rings (SSSR count). The highest BCUT2D eigenvalue weighted by molar-refractivity contribution is 7.23. The Morgan fingerprint density at radius 3 is 2.76 bits per heavy atom. The van der Waals surface area contributed by atoms with Crippen molar-refractivity contribution in [3.8, 4) is 23.2 Å². The summed E-state index contributed by atoms with van der Waals surface area (Å²) in [6, 6.07) is 5.57. The number of alkyl halides is 1. The smallest absolute Gasteiger partial charge is 0.346 e. The minimum Gasteiger partial charge on any atom is -0.461 e. The van der Waals surface area contributed by atoms with Crippen LogP contribution in [0.25, 0.3) is 32.1 Å². The lowest BCUT2D eigenvalue weighted by molar-refractivity contribution is 0.0237. The van der Waals surface area contributed by atoms with E-state index in [-0.39, 0.29) is 84.1 Å². The van der Waals surface area contributed by atoms with E-state index in [0.717, 1.165) is 35.4 Å². The number of amides is 1. The number of nitriles is 1. The summed E-state index contributed by atoms with van der Waals surface area (Å²) in [6.45, 7) is 8.52. The maximum atomic E-state index is 17.3. The summed E-state index contributed by atoms with van der Waals surface area (Å²) in [7, 11) is 0. The minimum atomic E-state index is -0.976. The van der Waals surface area contributed by atoms with E-state index in [9.17, 15) is 14.4 Å². The maximum Gasteiger partial charge on any atom is 0.346 e. The lowest BCUT2D eigenvalue weighted by Crippen LogP contribution is -2.64. The summed E-state index contributed by atoms with van der Waals surface area (Å²) in [4.78, 5) is 32.5. The van der Waals surface area contributed by atoms with E-state index in [4.69, 9.17) is 38.7 Å². The molecular formula is C37H37Cl2F3N10O2S. The molecule has 12 nitrogen and oxygen atoms in total. The lowest BCUT2D eigenvalue weighted by atomic mass is 9.81. The van der Waals surface area contributed by atoms with E-state index in [0.29, 0.717) is 43.8 Å². The number of benzene rings is 2. The summed E-state index contributed by atoms with van der Waals surface area (Å²) >= 11 is 13.7. The van der Waals surface area contributed by atoms with Gasteiger partial charge in [0, 0.05) is 60.9 Å². The number of nitrogens with zero attached hydrogens (tertiary/aromatic N) is 9. The highest BCUT2D eigenvalue weighted by Gasteiger charge is 2.50. The predicted octanol–water partition coefficient (Wildman–Crippen LogP) is 7.55. The fourth-order valence-corrected chi connectivity index (χ4v) is 10.2. The molecule has 1 amide bonds. The number of thiophene rings is 1. The third-order valence-electron chi connectivity index (χ3n) is 11.3. The molecule has 0 radical (unpaired) electrons.